The normalized spacial score (nSPS) is 23.8. The standard InChI is InChI=1S/C20H24N2/c1-14-7-6-10-18-20(14)17(16-8-4-3-5-9-16)13-19(21-18)22-12-11-15(22)2/h3-5,8-9,13-15H,6-7,10-12H2,1-2H3/t14?,15-/m0/s1. The van der Waals surface area contributed by atoms with Crippen molar-refractivity contribution < 1.29 is 0 Å². The van der Waals surface area contributed by atoms with Crippen molar-refractivity contribution in [1.82, 2.24) is 4.98 Å². The third kappa shape index (κ3) is 2.22. The molecule has 2 aliphatic rings. The number of aromatic nitrogens is 1. The molecule has 1 aromatic carbocycles. The molecule has 1 unspecified atom stereocenters. The summed E-state index contributed by atoms with van der Waals surface area (Å²) in [5.41, 5.74) is 5.58. The summed E-state index contributed by atoms with van der Waals surface area (Å²) in [6.45, 7) is 5.81. The fourth-order valence-electron chi connectivity index (χ4n) is 3.91. The van der Waals surface area contributed by atoms with Gasteiger partial charge in [-0.3, -0.25) is 0 Å². The summed E-state index contributed by atoms with van der Waals surface area (Å²) < 4.78 is 0. The van der Waals surface area contributed by atoms with Crippen LogP contribution in [0.2, 0.25) is 0 Å². The van der Waals surface area contributed by atoms with Crippen LogP contribution in [-0.4, -0.2) is 17.6 Å². The van der Waals surface area contributed by atoms with Crippen LogP contribution >= 0.6 is 0 Å². The largest absolute Gasteiger partial charge is 0.354 e. The molecule has 0 bridgehead atoms. The van der Waals surface area contributed by atoms with Gasteiger partial charge in [-0.2, -0.15) is 0 Å². The Morgan fingerprint density at radius 2 is 1.91 bits per heavy atom. The van der Waals surface area contributed by atoms with E-state index in [1.165, 1.54) is 47.5 Å². The fourth-order valence-corrected chi connectivity index (χ4v) is 3.91. The quantitative estimate of drug-likeness (QED) is 0.791. The third-order valence-electron chi connectivity index (χ3n) is 5.37. The Labute approximate surface area is 133 Å². The highest BCUT2D eigenvalue weighted by Gasteiger charge is 2.28. The van der Waals surface area contributed by atoms with Gasteiger partial charge in [0.1, 0.15) is 5.82 Å². The van der Waals surface area contributed by atoms with Gasteiger partial charge in [-0.1, -0.05) is 37.3 Å². The van der Waals surface area contributed by atoms with Crippen molar-refractivity contribution in [3.8, 4) is 11.1 Å². The van der Waals surface area contributed by atoms with Crippen molar-refractivity contribution in [3.05, 3.63) is 47.7 Å². The van der Waals surface area contributed by atoms with E-state index in [2.05, 4.69) is 55.1 Å². The molecule has 1 aliphatic carbocycles. The topological polar surface area (TPSA) is 16.1 Å². The summed E-state index contributed by atoms with van der Waals surface area (Å²) in [5, 5.41) is 0. The molecule has 2 aromatic rings. The third-order valence-corrected chi connectivity index (χ3v) is 5.37. The Bertz CT molecular complexity index is 678. The van der Waals surface area contributed by atoms with E-state index in [-0.39, 0.29) is 0 Å². The molecule has 2 nitrogen and oxygen atoms in total. The summed E-state index contributed by atoms with van der Waals surface area (Å²) in [7, 11) is 0. The highest BCUT2D eigenvalue weighted by molar-refractivity contribution is 5.73. The van der Waals surface area contributed by atoms with E-state index in [1.54, 1.807) is 0 Å². The van der Waals surface area contributed by atoms with Crippen LogP contribution in [-0.2, 0) is 6.42 Å². The number of nitrogens with zero attached hydrogens (tertiary/aromatic N) is 2. The zero-order chi connectivity index (χ0) is 15.1. The zero-order valence-electron chi connectivity index (χ0n) is 13.5. The molecule has 2 heterocycles. The number of hydrogen-bond acceptors (Lipinski definition) is 2. The Morgan fingerprint density at radius 3 is 2.59 bits per heavy atom. The van der Waals surface area contributed by atoms with Gasteiger partial charge in [-0.25, -0.2) is 4.98 Å². The Hall–Kier alpha value is -1.83. The van der Waals surface area contributed by atoms with Crippen LogP contribution < -0.4 is 4.90 Å². The molecular weight excluding hydrogens is 268 g/mol. The smallest absolute Gasteiger partial charge is 0.129 e. The number of aryl methyl sites for hydroxylation is 1. The van der Waals surface area contributed by atoms with Crippen molar-refractivity contribution in [2.75, 3.05) is 11.4 Å². The van der Waals surface area contributed by atoms with Gasteiger partial charge < -0.3 is 4.90 Å². The Kier molecular flexibility index (Phi) is 3.40. The van der Waals surface area contributed by atoms with Crippen molar-refractivity contribution in [1.29, 1.82) is 0 Å². The molecule has 1 fully saturated rings. The van der Waals surface area contributed by atoms with Gasteiger partial charge in [0.2, 0.25) is 0 Å². The van der Waals surface area contributed by atoms with Crippen molar-refractivity contribution >= 4 is 5.82 Å². The predicted octanol–water partition coefficient (Wildman–Crippen LogP) is 4.79. The van der Waals surface area contributed by atoms with Gasteiger partial charge in [-0.05, 0) is 61.3 Å². The van der Waals surface area contributed by atoms with Crippen LogP contribution in [0.1, 0.15) is 50.3 Å². The lowest BCUT2D eigenvalue weighted by Gasteiger charge is -2.41. The SMILES string of the molecule is CC1CCCc2nc(N3CC[C@@H]3C)cc(-c3ccccc3)c21. The molecule has 114 valence electrons. The lowest BCUT2D eigenvalue weighted by molar-refractivity contribution is 0.474. The van der Waals surface area contributed by atoms with Gasteiger partial charge in [0.15, 0.2) is 0 Å². The average Bonchev–Trinajstić information content (AvgIpc) is 2.54. The molecule has 2 heteroatoms. The summed E-state index contributed by atoms with van der Waals surface area (Å²) in [6.07, 6.45) is 4.98. The highest BCUT2D eigenvalue weighted by atomic mass is 15.3. The maximum absolute atomic E-state index is 5.05. The molecule has 0 radical (unpaired) electrons. The van der Waals surface area contributed by atoms with E-state index >= 15 is 0 Å². The predicted molar refractivity (Wildman–Crippen MR) is 92.5 cm³/mol. The first-order chi connectivity index (χ1) is 10.7. The van der Waals surface area contributed by atoms with Crippen LogP contribution in [0.3, 0.4) is 0 Å². The first-order valence-corrected chi connectivity index (χ1v) is 8.60. The molecule has 0 amide bonds. The van der Waals surface area contributed by atoms with E-state index < -0.39 is 0 Å². The second-order valence-corrected chi connectivity index (χ2v) is 6.88. The minimum Gasteiger partial charge on any atom is -0.354 e. The molecule has 1 aliphatic heterocycles. The molecule has 1 saturated heterocycles. The fraction of sp³-hybridized carbons (Fsp3) is 0.450. The highest BCUT2D eigenvalue weighted by Crippen LogP contribution is 2.40. The van der Waals surface area contributed by atoms with Gasteiger partial charge in [0.25, 0.3) is 0 Å². The summed E-state index contributed by atoms with van der Waals surface area (Å²) >= 11 is 0. The minimum absolute atomic E-state index is 0.620. The Morgan fingerprint density at radius 1 is 1.09 bits per heavy atom. The van der Waals surface area contributed by atoms with Crippen molar-refractivity contribution in [3.63, 3.8) is 0 Å². The number of rotatable bonds is 2. The van der Waals surface area contributed by atoms with E-state index in [4.69, 9.17) is 4.98 Å². The molecular formula is C20H24N2. The van der Waals surface area contributed by atoms with Crippen molar-refractivity contribution in [2.45, 2.75) is 51.5 Å². The van der Waals surface area contributed by atoms with E-state index in [9.17, 15) is 0 Å². The van der Waals surface area contributed by atoms with Crippen LogP contribution in [0, 0.1) is 0 Å². The van der Waals surface area contributed by atoms with E-state index in [0.717, 1.165) is 13.0 Å². The van der Waals surface area contributed by atoms with Gasteiger partial charge in [0, 0.05) is 18.3 Å². The molecule has 1 aromatic heterocycles. The number of benzene rings is 1. The molecule has 4 rings (SSSR count). The van der Waals surface area contributed by atoms with Crippen LogP contribution in [0.15, 0.2) is 36.4 Å². The maximum Gasteiger partial charge on any atom is 0.129 e. The first kappa shape index (κ1) is 13.8. The number of hydrogen-bond donors (Lipinski definition) is 0. The summed E-state index contributed by atoms with van der Waals surface area (Å²) in [4.78, 5) is 7.50. The second kappa shape index (κ2) is 5.42. The van der Waals surface area contributed by atoms with Gasteiger partial charge in [-0.15, -0.1) is 0 Å². The number of anilines is 1. The molecule has 0 saturated carbocycles. The molecule has 0 spiro atoms. The summed E-state index contributed by atoms with van der Waals surface area (Å²) in [5.74, 6) is 1.81. The van der Waals surface area contributed by atoms with Crippen LogP contribution in [0.25, 0.3) is 11.1 Å². The lowest BCUT2D eigenvalue weighted by Crippen LogP contribution is -2.46. The Balaban J connectivity index is 1.88. The minimum atomic E-state index is 0.620. The van der Waals surface area contributed by atoms with Crippen LogP contribution in [0.5, 0.6) is 0 Å². The average molecular weight is 292 g/mol. The van der Waals surface area contributed by atoms with E-state index in [1.807, 2.05) is 0 Å². The van der Waals surface area contributed by atoms with Gasteiger partial charge in [0.05, 0.1) is 0 Å². The van der Waals surface area contributed by atoms with Gasteiger partial charge >= 0.3 is 0 Å². The number of pyridine rings is 1. The molecule has 2 atom stereocenters. The molecule has 0 N–H and O–H groups in total. The number of fused-ring (bicyclic) bond motifs is 1. The maximum atomic E-state index is 5.05. The monoisotopic (exact) mass is 292 g/mol. The first-order valence-electron chi connectivity index (χ1n) is 8.60. The van der Waals surface area contributed by atoms with Crippen molar-refractivity contribution in [2.24, 2.45) is 0 Å². The van der Waals surface area contributed by atoms with Crippen LogP contribution in [0.4, 0.5) is 5.82 Å². The lowest BCUT2D eigenvalue weighted by atomic mass is 9.82. The zero-order valence-corrected chi connectivity index (χ0v) is 13.5. The molecule has 22 heavy (non-hydrogen) atoms. The second-order valence-electron chi connectivity index (χ2n) is 6.88. The summed E-state index contributed by atoms with van der Waals surface area (Å²) in [6, 6.07) is 13.8. The van der Waals surface area contributed by atoms with E-state index in [0.29, 0.717) is 12.0 Å².